The van der Waals surface area contributed by atoms with Crippen LogP contribution in [0.4, 0.5) is 17.3 Å². The maximum atomic E-state index is 9.75. The molecule has 22 heavy (non-hydrogen) atoms. The molecule has 0 spiro atoms. The zero-order valence-electron chi connectivity index (χ0n) is 12.5. The molecule has 122 valence electrons. The summed E-state index contributed by atoms with van der Waals surface area (Å²) in [6, 6.07) is 0. The molecule has 1 heterocycles. The van der Waals surface area contributed by atoms with Gasteiger partial charge in [0.25, 0.3) is 0 Å². The number of amidine groups is 1. The number of hydrogen-bond acceptors (Lipinski definition) is 1. The second-order valence-electron chi connectivity index (χ2n) is 4.61. The first-order valence-corrected chi connectivity index (χ1v) is 6.70. The molecule has 0 fully saturated rings. The Morgan fingerprint density at radius 3 is 1.73 bits per heavy atom. The number of aliphatic imine (C=N–C) groups is 1. The molecule has 0 N–H and O–H groups in total. The fourth-order valence-electron chi connectivity index (χ4n) is 2.11. The average Bonchev–Trinajstić information content (AvgIpc) is 2.67. The second-order valence-corrected chi connectivity index (χ2v) is 4.61. The van der Waals surface area contributed by atoms with Gasteiger partial charge in [-0.3, -0.25) is 0 Å². The van der Waals surface area contributed by atoms with Gasteiger partial charge in [-0.1, -0.05) is 25.3 Å². The molecule has 1 aliphatic heterocycles. The molecule has 0 aliphatic carbocycles. The van der Waals surface area contributed by atoms with E-state index in [1.54, 1.807) is 0 Å². The summed E-state index contributed by atoms with van der Waals surface area (Å²) in [5.74, 6) is 1.11. The lowest BCUT2D eigenvalue weighted by atomic mass is 10.2. The van der Waals surface area contributed by atoms with Crippen LogP contribution in [0.1, 0.15) is 12.8 Å². The molecule has 0 aromatic heterocycles. The summed E-state index contributed by atoms with van der Waals surface area (Å²) in [7, 11) is -6.00. The van der Waals surface area contributed by atoms with Gasteiger partial charge in [-0.15, -0.1) is 13.2 Å². The highest BCUT2D eigenvalue weighted by molar-refractivity contribution is 6.50. The van der Waals surface area contributed by atoms with Crippen LogP contribution in [0.2, 0.25) is 0 Å². The molecule has 0 unspecified atom stereocenters. The highest BCUT2D eigenvalue weighted by Crippen LogP contribution is 2.26. The Morgan fingerprint density at radius 1 is 0.909 bits per heavy atom. The Bertz CT molecular complexity index is 462. The predicted molar refractivity (Wildman–Crippen MR) is 85.7 cm³/mol. The van der Waals surface area contributed by atoms with Gasteiger partial charge in [0.2, 0.25) is 5.84 Å². The molecule has 0 aromatic rings. The van der Waals surface area contributed by atoms with Gasteiger partial charge in [0.15, 0.2) is 0 Å². The summed E-state index contributed by atoms with van der Waals surface area (Å²) in [5, 5.41) is 0. The minimum atomic E-state index is -6.00. The molecule has 7 heteroatoms. The van der Waals surface area contributed by atoms with Crippen LogP contribution in [-0.2, 0) is 0 Å². The third kappa shape index (κ3) is 7.22. The van der Waals surface area contributed by atoms with Crippen molar-refractivity contribution < 1.29 is 21.7 Å². The largest absolute Gasteiger partial charge is 0.673 e. The highest BCUT2D eigenvalue weighted by atomic mass is 19.5. The fraction of sp³-hybridized carbons (Fsp3) is 0.267. The smallest absolute Gasteiger partial charge is 0.418 e. The molecule has 0 radical (unpaired) electrons. The molecule has 0 aromatic carbocycles. The number of hydrogen-bond donors (Lipinski definition) is 0. The second kappa shape index (κ2) is 9.20. The van der Waals surface area contributed by atoms with E-state index in [0.29, 0.717) is 4.48 Å². The van der Waals surface area contributed by atoms with E-state index < -0.39 is 7.25 Å². The fourth-order valence-corrected chi connectivity index (χ4v) is 2.11. The lowest BCUT2D eigenvalue weighted by Gasteiger charge is -2.29. The third-order valence-electron chi connectivity index (χ3n) is 2.77. The van der Waals surface area contributed by atoms with Gasteiger partial charge in [0.1, 0.15) is 25.0 Å². The van der Waals surface area contributed by atoms with Crippen molar-refractivity contribution in [1.82, 2.24) is 0 Å². The molecule has 0 atom stereocenters. The van der Waals surface area contributed by atoms with Crippen LogP contribution < -0.4 is 0 Å². The van der Waals surface area contributed by atoms with Crippen LogP contribution in [0, 0.1) is 0 Å². The van der Waals surface area contributed by atoms with E-state index in [-0.39, 0.29) is 0 Å². The molecule has 0 amide bonds. The molecule has 1 aliphatic rings. The van der Waals surface area contributed by atoms with Crippen LogP contribution in [0.15, 0.2) is 67.5 Å². The van der Waals surface area contributed by atoms with Gasteiger partial charge in [0.05, 0.1) is 6.42 Å². The summed E-state index contributed by atoms with van der Waals surface area (Å²) in [6.45, 7) is 16.9. The summed E-state index contributed by atoms with van der Waals surface area (Å²) in [4.78, 5) is 4.67. The van der Waals surface area contributed by atoms with E-state index in [0.717, 1.165) is 37.5 Å². The van der Waals surface area contributed by atoms with Gasteiger partial charge in [-0.05, 0) is 12.2 Å². The first-order valence-electron chi connectivity index (χ1n) is 6.70. The Kier molecular flexibility index (Phi) is 8.41. The van der Waals surface area contributed by atoms with Crippen molar-refractivity contribution in [1.29, 1.82) is 0 Å². The summed E-state index contributed by atoms with van der Waals surface area (Å²) in [5.41, 5.74) is 1.07. The topological polar surface area (TPSA) is 12.4 Å². The lowest BCUT2D eigenvalue weighted by molar-refractivity contribution is -0.774. The van der Waals surface area contributed by atoms with E-state index in [4.69, 9.17) is 0 Å². The molecular formula is C15H21BF4N2. The highest BCUT2D eigenvalue weighted by Gasteiger charge is 2.34. The first-order chi connectivity index (χ1) is 10.2. The summed E-state index contributed by atoms with van der Waals surface area (Å²) >= 11 is 0. The third-order valence-corrected chi connectivity index (χ3v) is 2.77. The predicted octanol–water partition coefficient (Wildman–Crippen LogP) is 4.88. The van der Waals surface area contributed by atoms with Crippen molar-refractivity contribution in [3.05, 3.63) is 62.5 Å². The van der Waals surface area contributed by atoms with Crippen LogP contribution >= 0.6 is 0 Å². The first kappa shape index (κ1) is 20.1. The maximum Gasteiger partial charge on any atom is 0.673 e. The van der Waals surface area contributed by atoms with Gasteiger partial charge < -0.3 is 17.3 Å². The maximum absolute atomic E-state index is 9.75. The Labute approximate surface area is 129 Å². The van der Waals surface area contributed by atoms with E-state index >= 15 is 0 Å². The van der Waals surface area contributed by atoms with Crippen LogP contribution in [0.3, 0.4) is 0 Å². The van der Waals surface area contributed by atoms with Crippen molar-refractivity contribution in [3.63, 3.8) is 0 Å². The van der Waals surface area contributed by atoms with Crippen LogP contribution in [0.25, 0.3) is 0 Å². The van der Waals surface area contributed by atoms with Crippen molar-refractivity contribution >= 4 is 13.1 Å². The number of allylic oxidation sites excluding steroid dienone is 1. The van der Waals surface area contributed by atoms with Crippen molar-refractivity contribution in [2.24, 2.45) is 4.99 Å². The molecule has 2 nitrogen and oxygen atoms in total. The zero-order valence-corrected chi connectivity index (χ0v) is 12.5. The van der Waals surface area contributed by atoms with Gasteiger partial charge in [-0.25, -0.2) is 4.48 Å². The number of halogens is 4. The standard InChI is InChI=1S/C15H21N2.BF4/c1-5-9-14-13-17(11-7-3,12-8-4)15(16-14)10-6-2;2-1(3,4)5/h5-8,13H,1-4,9-12H2;/q+1;-1. The van der Waals surface area contributed by atoms with E-state index in [1.165, 1.54) is 0 Å². The minimum Gasteiger partial charge on any atom is -0.418 e. The molecular weight excluding hydrogens is 295 g/mol. The van der Waals surface area contributed by atoms with E-state index in [9.17, 15) is 17.3 Å². The SMILES string of the molecule is C=CCC1=C[N+](CC=C)(CC=C)C(CC=C)=N1.F[B-](F)(F)F. The van der Waals surface area contributed by atoms with E-state index in [1.807, 2.05) is 24.3 Å². The average molecular weight is 316 g/mol. The van der Waals surface area contributed by atoms with Gasteiger partial charge in [0, 0.05) is 6.42 Å². The Morgan fingerprint density at radius 2 is 1.36 bits per heavy atom. The monoisotopic (exact) mass is 316 g/mol. The molecule has 0 bridgehead atoms. The summed E-state index contributed by atoms with van der Waals surface area (Å²) < 4.78 is 39.7. The van der Waals surface area contributed by atoms with Crippen molar-refractivity contribution in [2.75, 3.05) is 13.1 Å². The Balaban J connectivity index is 0.000000763. The minimum absolute atomic E-state index is 0.697. The summed E-state index contributed by atoms with van der Waals surface area (Å²) in [6.07, 6.45) is 11.4. The van der Waals surface area contributed by atoms with E-state index in [2.05, 4.69) is 37.5 Å². The van der Waals surface area contributed by atoms with Crippen LogP contribution in [0.5, 0.6) is 0 Å². The molecule has 1 rings (SSSR count). The number of nitrogens with zero attached hydrogens (tertiary/aromatic N) is 2. The van der Waals surface area contributed by atoms with Gasteiger partial charge >= 0.3 is 7.25 Å². The normalized spacial score (nSPS) is 15.8. The van der Waals surface area contributed by atoms with Crippen molar-refractivity contribution in [3.8, 4) is 0 Å². The number of quaternary nitrogens is 1. The van der Waals surface area contributed by atoms with Crippen molar-refractivity contribution in [2.45, 2.75) is 12.8 Å². The Hall–Kier alpha value is -1.89. The molecule has 0 saturated heterocycles. The van der Waals surface area contributed by atoms with Crippen LogP contribution in [-0.4, -0.2) is 30.7 Å². The zero-order chi connectivity index (χ0) is 17.2. The van der Waals surface area contributed by atoms with Gasteiger partial charge in [-0.2, -0.15) is 4.99 Å². The molecule has 0 saturated carbocycles. The number of rotatable bonds is 8. The quantitative estimate of drug-likeness (QED) is 0.262. The lowest BCUT2D eigenvalue weighted by Crippen LogP contribution is -2.46.